The van der Waals surface area contributed by atoms with Crippen molar-refractivity contribution in [2.24, 2.45) is 0 Å². The fourth-order valence-corrected chi connectivity index (χ4v) is 4.32. The minimum atomic E-state index is -0.266. The fourth-order valence-electron chi connectivity index (χ4n) is 3.24. The molecule has 1 fully saturated rings. The van der Waals surface area contributed by atoms with E-state index < -0.39 is 0 Å². The predicted octanol–water partition coefficient (Wildman–Crippen LogP) is 5.03. The summed E-state index contributed by atoms with van der Waals surface area (Å²) in [6.07, 6.45) is 4.76. The maximum Gasteiger partial charge on any atom is 0.148 e. The number of rotatable bonds is 4. The van der Waals surface area contributed by atoms with E-state index in [0.29, 0.717) is 12.2 Å². The van der Waals surface area contributed by atoms with Crippen LogP contribution >= 0.6 is 22.9 Å². The second kappa shape index (κ2) is 5.71. The van der Waals surface area contributed by atoms with E-state index in [1.54, 1.807) is 0 Å². The van der Waals surface area contributed by atoms with Gasteiger partial charge < -0.3 is 0 Å². The van der Waals surface area contributed by atoms with Gasteiger partial charge in [0.25, 0.3) is 0 Å². The molecule has 20 heavy (non-hydrogen) atoms. The Morgan fingerprint density at radius 2 is 1.80 bits per heavy atom. The molecule has 104 valence electrons. The number of benzene rings is 1. The molecule has 2 aromatic rings. The smallest absolute Gasteiger partial charge is 0.148 e. The lowest BCUT2D eigenvalue weighted by Gasteiger charge is -2.28. The van der Waals surface area contributed by atoms with E-state index in [-0.39, 0.29) is 5.41 Å². The Morgan fingerprint density at radius 1 is 1.10 bits per heavy atom. The van der Waals surface area contributed by atoms with Gasteiger partial charge in [0, 0.05) is 11.3 Å². The van der Waals surface area contributed by atoms with Gasteiger partial charge in [-0.2, -0.15) is 0 Å². The van der Waals surface area contributed by atoms with Crippen molar-refractivity contribution in [1.82, 2.24) is 0 Å². The first-order valence-corrected chi connectivity index (χ1v) is 8.23. The molecule has 0 amide bonds. The minimum Gasteiger partial charge on any atom is -0.298 e. The summed E-state index contributed by atoms with van der Waals surface area (Å²) in [5, 5.41) is 0. The van der Waals surface area contributed by atoms with E-state index in [4.69, 9.17) is 11.6 Å². The maximum absolute atomic E-state index is 12.9. The van der Waals surface area contributed by atoms with Crippen LogP contribution in [-0.2, 0) is 16.6 Å². The van der Waals surface area contributed by atoms with Crippen LogP contribution in [0.15, 0.2) is 42.5 Å². The van der Waals surface area contributed by atoms with Crippen LogP contribution in [0.1, 0.15) is 36.1 Å². The van der Waals surface area contributed by atoms with Gasteiger partial charge in [-0.05, 0) is 30.5 Å². The van der Waals surface area contributed by atoms with Crippen LogP contribution in [0.25, 0.3) is 0 Å². The van der Waals surface area contributed by atoms with Gasteiger partial charge in [-0.25, -0.2) is 0 Å². The molecule has 0 saturated heterocycles. The maximum atomic E-state index is 12.9. The highest BCUT2D eigenvalue weighted by Crippen LogP contribution is 2.42. The quantitative estimate of drug-likeness (QED) is 0.774. The number of hydrogen-bond donors (Lipinski definition) is 0. The first kappa shape index (κ1) is 13.8. The van der Waals surface area contributed by atoms with Crippen LogP contribution in [0.2, 0.25) is 4.34 Å². The highest BCUT2D eigenvalue weighted by atomic mass is 35.5. The van der Waals surface area contributed by atoms with Gasteiger partial charge in [-0.1, -0.05) is 54.8 Å². The lowest BCUT2D eigenvalue weighted by molar-refractivity contribution is -0.123. The van der Waals surface area contributed by atoms with E-state index in [0.717, 1.165) is 34.9 Å². The van der Waals surface area contributed by atoms with E-state index in [2.05, 4.69) is 12.1 Å². The van der Waals surface area contributed by atoms with Crippen molar-refractivity contribution in [3.05, 3.63) is 57.2 Å². The molecular weight excluding hydrogens is 288 g/mol. The van der Waals surface area contributed by atoms with E-state index in [9.17, 15) is 4.79 Å². The normalized spacial score (nSPS) is 17.2. The summed E-state index contributed by atoms with van der Waals surface area (Å²) in [7, 11) is 0. The molecule has 3 heteroatoms. The van der Waals surface area contributed by atoms with Crippen molar-refractivity contribution in [1.29, 1.82) is 0 Å². The van der Waals surface area contributed by atoms with E-state index in [1.807, 2.05) is 30.3 Å². The van der Waals surface area contributed by atoms with Crippen LogP contribution < -0.4 is 0 Å². The van der Waals surface area contributed by atoms with Crippen molar-refractivity contribution in [3.8, 4) is 0 Å². The highest BCUT2D eigenvalue weighted by molar-refractivity contribution is 7.16. The molecule has 1 aromatic carbocycles. The Kier molecular flexibility index (Phi) is 3.95. The standard InChI is InChI=1S/C17H17ClOS/c18-16-9-8-14(20-16)12-15(19)17(10-4-5-11-17)13-6-2-1-3-7-13/h1-3,6-9H,4-5,10-12H2. The van der Waals surface area contributed by atoms with E-state index >= 15 is 0 Å². The van der Waals surface area contributed by atoms with Crippen LogP contribution in [0, 0.1) is 0 Å². The zero-order valence-electron chi connectivity index (χ0n) is 11.3. The molecule has 1 aliphatic rings. The monoisotopic (exact) mass is 304 g/mol. The molecule has 0 N–H and O–H groups in total. The second-order valence-electron chi connectivity index (χ2n) is 5.46. The lowest BCUT2D eigenvalue weighted by atomic mass is 9.74. The zero-order chi connectivity index (χ0) is 14.0. The highest BCUT2D eigenvalue weighted by Gasteiger charge is 2.41. The summed E-state index contributed by atoms with van der Waals surface area (Å²) in [6, 6.07) is 14.1. The number of carbonyl (C=O) groups excluding carboxylic acids is 1. The molecule has 1 aliphatic carbocycles. The summed E-state index contributed by atoms with van der Waals surface area (Å²) in [4.78, 5) is 14.0. The van der Waals surface area contributed by atoms with Crippen LogP contribution in [0.5, 0.6) is 0 Å². The molecule has 0 aliphatic heterocycles. The minimum absolute atomic E-state index is 0.266. The topological polar surface area (TPSA) is 17.1 Å². The summed E-state index contributed by atoms with van der Waals surface area (Å²) in [5.41, 5.74) is 0.919. The molecule has 3 rings (SSSR count). The second-order valence-corrected chi connectivity index (χ2v) is 7.26. The Balaban J connectivity index is 1.89. The van der Waals surface area contributed by atoms with Crippen LogP contribution in [0.3, 0.4) is 0 Å². The third-order valence-corrected chi connectivity index (χ3v) is 5.51. The Labute approximate surface area is 128 Å². The van der Waals surface area contributed by atoms with Gasteiger partial charge >= 0.3 is 0 Å². The number of carbonyl (C=O) groups is 1. The van der Waals surface area contributed by atoms with Crippen molar-refractivity contribution in [3.63, 3.8) is 0 Å². The molecule has 1 aromatic heterocycles. The van der Waals surface area contributed by atoms with Gasteiger partial charge in [-0.3, -0.25) is 4.79 Å². The molecule has 0 spiro atoms. The number of halogens is 1. The lowest BCUT2D eigenvalue weighted by Crippen LogP contribution is -2.34. The summed E-state index contributed by atoms with van der Waals surface area (Å²) in [5.74, 6) is 0.347. The molecule has 0 atom stereocenters. The van der Waals surface area contributed by atoms with Gasteiger partial charge in [0.2, 0.25) is 0 Å². The van der Waals surface area contributed by atoms with Gasteiger partial charge in [0.15, 0.2) is 0 Å². The summed E-state index contributed by atoms with van der Waals surface area (Å²) >= 11 is 7.48. The Morgan fingerprint density at radius 3 is 2.40 bits per heavy atom. The van der Waals surface area contributed by atoms with E-state index in [1.165, 1.54) is 16.9 Å². The largest absolute Gasteiger partial charge is 0.298 e. The molecule has 0 unspecified atom stereocenters. The Bertz CT molecular complexity index is 596. The molecule has 0 radical (unpaired) electrons. The van der Waals surface area contributed by atoms with Crippen molar-refractivity contribution in [2.45, 2.75) is 37.5 Å². The third kappa shape index (κ3) is 2.55. The SMILES string of the molecule is O=C(Cc1ccc(Cl)s1)C1(c2ccccc2)CCCC1. The van der Waals surface area contributed by atoms with Crippen molar-refractivity contribution in [2.75, 3.05) is 0 Å². The molecule has 0 bridgehead atoms. The summed E-state index contributed by atoms with van der Waals surface area (Å²) < 4.78 is 0.757. The number of hydrogen-bond acceptors (Lipinski definition) is 2. The first-order valence-electron chi connectivity index (χ1n) is 7.04. The van der Waals surface area contributed by atoms with Crippen LogP contribution in [0.4, 0.5) is 0 Å². The predicted molar refractivity (Wildman–Crippen MR) is 84.6 cm³/mol. The van der Waals surface area contributed by atoms with Crippen LogP contribution in [-0.4, -0.2) is 5.78 Å². The average molecular weight is 305 g/mol. The van der Waals surface area contributed by atoms with Gasteiger partial charge in [0.1, 0.15) is 5.78 Å². The van der Waals surface area contributed by atoms with Gasteiger partial charge in [0.05, 0.1) is 9.75 Å². The summed E-state index contributed by atoms with van der Waals surface area (Å²) in [6.45, 7) is 0. The molecule has 1 saturated carbocycles. The number of ketones is 1. The van der Waals surface area contributed by atoms with Gasteiger partial charge in [-0.15, -0.1) is 11.3 Å². The molecule has 1 heterocycles. The number of Topliss-reactive ketones (excluding diaryl/α,β-unsaturated/α-hetero) is 1. The number of thiophene rings is 1. The molecular formula is C17H17ClOS. The van der Waals surface area contributed by atoms with Crippen molar-refractivity contribution < 1.29 is 4.79 Å². The third-order valence-electron chi connectivity index (χ3n) is 4.28. The fraction of sp³-hybridized carbons (Fsp3) is 0.353. The van der Waals surface area contributed by atoms with Crippen molar-refractivity contribution >= 4 is 28.7 Å². The molecule has 1 nitrogen and oxygen atoms in total. The average Bonchev–Trinajstić information content (AvgIpc) is 3.10. The Hall–Kier alpha value is -1.12. The zero-order valence-corrected chi connectivity index (χ0v) is 12.8. The first-order chi connectivity index (χ1) is 9.71.